The highest BCUT2D eigenvalue weighted by Crippen LogP contribution is 2.20. The molecule has 0 bridgehead atoms. The molecule has 5 N–H and O–H groups in total. The van der Waals surface area contributed by atoms with E-state index in [0.29, 0.717) is 13.1 Å². The van der Waals surface area contributed by atoms with E-state index in [4.69, 9.17) is 11.5 Å². The molecule has 0 radical (unpaired) electrons. The van der Waals surface area contributed by atoms with E-state index < -0.39 is 0 Å². The molecule has 0 aliphatic carbocycles. The smallest absolute Gasteiger partial charge is 0.0370 e. The average molecular weight is 234 g/mol. The van der Waals surface area contributed by atoms with Gasteiger partial charge in [0.2, 0.25) is 0 Å². The lowest BCUT2D eigenvalue weighted by Crippen LogP contribution is -2.43. The van der Waals surface area contributed by atoms with E-state index in [2.05, 4.69) is 28.4 Å². The summed E-state index contributed by atoms with van der Waals surface area (Å²) in [6.45, 7) is 5.53. The van der Waals surface area contributed by atoms with Crippen molar-refractivity contribution in [3.63, 3.8) is 0 Å². The fourth-order valence-corrected chi connectivity index (χ4v) is 2.32. The van der Waals surface area contributed by atoms with Crippen LogP contribution in [0.3, 0.4) is 0 Å². The van der Waals surface area contributed by atoms with Crippen LogP contribution >= 0.6 is 0 Å². The zero-order valence-electron chi connectivity index (χ0n) is 10.3. The van der Waals surface area contributed by atoms with Crippen molar-refractivity contribution in [2.24, 2.45) is 11.5 Å². The van der Waals surface area contributed by atoms with Crippen molar-refractivity contribution < 1.29 is 0 Å². The van der Waals surface area contributed by atoms with Crippen molar-refractivity contribution in [1.82, 2.24) is 5.32 Å². The summed E-state index contributed by atoms with van der Waals surface area (Å²) in [6.07, 6.45) is 0.911. The number of nitrogens with one attached hydrogen (secondary N) is 1. The molecular weight excluding hydrogens is 212 g/mol. The molecule has 1 fully saturated rings. The van der Waals surface area contributed by atoms with Gasteiger partial charge >= 0.3 is 0 Å². The molecule has 1 aromatic rings. The van der Waals surface area contributed by atoms with Gasteiger partial charge in [-0.05, 0) is 36.2 Å². The average Bonchev–Trinajstić information content (AvgIpc) is 2.40. The highest BCUT2D eigenvalue weighted by molar-refractivity contribution is 5.51. The van der Waals surface area contributed by atoms with Gasteiger partial charge in [-0.25, -0.2) is 0 Å². The fraction of sp³-hybridized carbons (Fsp3) is 0.538. The van der Waals surface area contributed by atoms with E-state index in [1.807, 2.05) is 0 Å². The topological polar surface area (TPSA) is 67.3 Å². The number of hydrogen-bond donors (Lipinski definition) is 3. The Morgan fingerprint density at radius 3 is 2.53 bits per heavy atom. The lowest BCUT2D eigenvalue weighted by molar-refractivity contribution is 0.589. The number of rotatable bonds is 4. The maximum Gasteiger partial charge on any atom is 0.0370 e. The van der Waals surface area contributed by atoms with E-state index in [0.717, 1.165) is 32.6 Å². The molecule has 0 amide bonds. The summed E-state index contributed by atoms with van der Waals surface area (Å²) in [5.41, 5.74) is 15.2. The van der Waals surface area contributed by atoms with Gasteiger partial charge in [0.05, 0.1) is 0 Å². The lowest BCUT2D eigenvalue weighted by atomic mass is 10.0. The van der Waals surface area contributed by atoms with E-state index in [9.17, 15) is 0 Å². The molecule has 0 atom stereocenters. The molecule has 1 aliphatic rings. The highest BCUT2D eigenvalue weighted by Gasteiger charge is 2.11. The second-order valence-electron chi connectivity index (χ2n) is 4.43. The molecule has 0 aromatic heterocycles. The second kappa shape index (κ2) is 6.00. The van der Waals surface area contributed by atoms with E-state index >= 15 is 0 Å². The molecule has 0 spiro atoms. The van der Waals surface area contributed by atoms with Gasteiger partial charge in [0, 0.05) is 38.4 Å². The minimum atomic E-state index is 0.593. The largest absolute Gasteiger partial charge is 0.369 e. The van der Waals surface area contributed by atoms with Crippen molar-refractivity contribution in [2.45, 2.75) is 13.0 Å². The minimum absolute atomic E-state index is 0.593. The Bertz CT molecular complexity index is 358. The van der Waals surface area contributed by atoms with Gasteiger partial charge in [0.15, 0.2) is 0 Å². The number of hydrogen-bond acceptors (Lipinski definition) is 4. The predicted octanol–water partition coefficient (Wildman–Crippen LogP) is 0.0561. The van der Waals surface area contributed by atoms with Crippen LogP contribution in [-0.4, -0.2) is 32.7 Å². The molecule has 1 heterocycles. The quantitative estimate of drug-likeness (QED) is 0.689. The Balaban J connectivity index is 2.17. The number of nitrogens with two attached hydrogens (primary N) is 2. The zero-order valence-corrected chi connectivity index (χ0v) is 10.3. The van der Waals surface area contributed by atoms with Gasteiger partial charge in [0.25, 0.3) is 0 Å². The fourth-order valence-electron chi connectivity index (χ4n) is 2.32. The minimum Gasteiger partial charge on any atom is -0.369 e. The molecule has 4 heteroatoms. The Morgan fingerprint density at radius 2 is 1.88 bits per heavy atom. The van der Waals surface area contributed by atoms with Crippen LogP contribution in [0.15, 0.2) is 18.2 Å². The van der Waals surface area contributed by atoms with Crippen molar-refractivity contribution in [3.8, 4) is 0 Å². The molecule has 0 unspecified atom stereocenters. The molecule has 17 heavy (non-hydrogen) atoms. The van der Waals surface area contributed by atoms with E-state index in [1.54, 1.807) is 0 Å². The van der Waals surface area contributed by atoms with E-state index in [-0.39, 0.29) is 0 Å². The Hall–Kier alpha value is -1.10. The summed E-state index contributed by atoms with van der Waals surface area (Å²) in [5.74, 6) is 0. The number of piperazine rings is 1. The summed E-state index contributed by atoms with van der Waals surface area (Å²) in [7, 11) is 0. The maximum absolute atomic E-state index is 5.81. The summed E-state index contributed by atoms with van der Waals surface area (Å²) in [5, 5.41) is 3.36. The second-order valence-corrected chi connectivity index (χ2v) is 4.43. The first-order chi connectivity index (χ1) is 8.35. The lowest BCUT2D eigenvalue weighted by Gasteiger charge is -2.30. The van der Waals surface area contributed by atoms with Gasteiger partial charge < -0.3 is 21.7 Å². The SMILES string of the molecule is NCCc1ccc(N2CCNCC2)cc1CN. The van der Waals surface area contributed by atoms with Gasteiger partial charge in [0.1, 0.15) is 0 Å². The van der Waals surface area contributed by atoms with Crippen molar-refractivity contribution in [3.05, 3.63) is 29.3 Å². The van der Waals surface area contributed by atoms with Crippen LogP contribution in [-0.2, 0) is 13.0 Å². The standard InChI is InChI=1S/C13H22N4/c14-4-3-11-1-2-13(9-12(11)10-15)17-7-5-16-6-8-17/h1-2,9,16H,3-8,10,14-15H2. The first kappa shape index (κ1) is 12.4. The summed E-state index contributed by atoms with van der Waals surface area (Å²) in [4.78, 5) is 2.40. The van der Waals surface area contributed by atoms with Crippen LogP contribution in [0, 0.1) is 0 Å². The molecule has 4 nitrogen and oxygen atoms in total. The summed E-state index contributed by atoms with van der Waals surface area (Å²) >= 11 is 0. The van der Waals surface area contributed by atoms with Crippen LogP contribution in [0.25, 0.3) is 0 Å². The molecule has 1 aromatic carbocycles. The Labute approximate surface area is 103 Å². The number of benzene rings is 1. The third kappa shape index (κ3) is 2.97. The number of nitrogens with zero attached hydrogens (tertiary/aromatic N) is 1. The van der Waals surface area contributed by atoms with Crippen molar-refractivity contribution in [1.29, 1.82) is 0 Å². The van der Waals surface area contributed by atoms with Gasteiger partial charge in [-0.1, -0.05) is 6.07 Å². The molecule has 1 saturated heterocycles. The summed E-state index contributed by atoms with van der Waals surface area (Å²) in [6, 6.07) is 6.58. The predicted molar refractivity (Wildman–Crippen MR) is 72.2 cm³/mol. The van der Waals surface area contributed by atoms with Gasteiger partial charge in [-0.15, -0.1) is 0 Å². The third-order valence-corrected chi connectivity index (χ3v) is 3.31. The molecule has 94 valence electrons. The van der Waals surface area contributed by atoms with Gasteiger partial charge in [-0.2, -0.15) is 0 Å². The van der Waals surface area contributed by atoms with Crippen molar-refractivity contribution in [2.75, 3.05) is 37.6 Å². The molecule has 0 saturated carbocycles. The molecule has 1 aliphatic heterocycles. The Morgan fingerprint density at radius 1 is 1.12 bits per heavy atom. The normalized spacial score (nSPS) is 16.2. The van der Waals surface area contributed by atoms with E-state index in [1.165, 1.54) is 16.8 Å². The first-order valence-corrected chi connectivity index (χ1v) is 6.32. The Kier molecular flexibility index (Phi) is 4.36. The zero-order chi connectivity index (χ0) is 12.1. The molecular formula is C13H22N4. The molecule has 2 rings (SSSR count). The summed E-state index contributed by atoms with van der Waals surface area (Å²) < 4.78 is 0. The third-order valence-electron chi connectivity index (χ3n) is 3.31. The first-order valence-electron chi connectivity index (χ1n) is 6.32. The highest BCUT2D eigenvalue weighted by atomic mass is 15.2. The number of anilines is 1. The maximum atomic E-state index is 5.81. The van der Waals surface area contributed by atoms with Crippen molar-refractivity contribution >= 4 is 5.69 Å². The van der Waals surface area contributed by atoms with Crippen LogP contribution < -0.4 is 21.7 Å². The monoisotopic (exact) mass is 234 g/mol. The van der Waals surface area contributed by atoms with Crippen LogP contribution in [0.2, 0.25) is 0 Å². The van der Waals surface area contributed by atoms with Crippen LogP contribution in [0.5, 0.6) is 0 Å². The van der Waals surface area contributed by atoms with Crippen LogP contribution in [0.1, 0.15) is 11.1 Å². The van der Waals surface area contributed by atoms with Gasteiger partial charge in [-0.3, -0.25) is 0 Å². The van der Waals surface area contributed by atoms with Crippen LogP contribution in [0.4, 0.5) is 5.69 Å².